The molecule has 0 spiro atoms. The third-order valence-electron chi connectivity index (χ3n) is 3.81. The Bertz CT molecular complexity index is 887. The van der Waals surface area contributed by atoms with Gasteiger partial charge in [0, 0.05) is 17.8 Å². The van der Waals surface area contributed by atoms with Gasteiger partial charge in [0.25, 0.3) is 0 Å². The van der Waals surface area contributed by atoms with Crippen LogP contribution in [0.15, 0.2) is 48.6 Å². The number of nitrogens with zero attached hydrogens (tertiary/aromatic N) is 1. The highest BCUT2D eigenvalue weighted by molar-refractivity contribution is 5.89. The number of hydrogen-bond donors (Lipinski definition) is 4. The lowest BCUT2D eigenvalue weighted by atomic mass is 9.90. The first-order chi connectivity index (χ1) is 12.9. The fourth-order valence-electron chi connectivity index (χ4n) is 2.63. The van der Waals surface area contributed by atoms with Crippen molar-refractivity contribution in [2.45, 2.75) is 19.4 Å². The Hall–Kier alpha value is -3.45. The first kappa shape index (κ1) is 19.9. The summed E-state index contributed by atoms with van der Waals surface area (Å²) < 4.78 is 0. The van der Waals surface area contributed by atoms with Crippen molar-refractivity contribution >= 4 is 29.3 Å². The minimum atomic E-state index is -1.26. The Kier molecular flexibility index (Phi) is 6.85. The van der Waals surface area contributed by atoms with E-state index in [0.717, 1.165) is 18.5 Å². The molecule has 0 fully saturated rings. The number of allylic oxidation sites excluding steroid dienone is 1. The topological polar surface area (TPSA) is 134 Å². The number of aromatic nitrogens is 1. The Morgan fingerprint density at radius 3 is 2.37 bits per heavy atom. The van der Waals surface area contributed by atoms with E-state index < -0.39 is 11.9 Å². The molecule has 0 saturated carbocycles. The van der Waals surface area contributed by atoms with Crippen molar-refractivity contribution in [1.29, 1.82) is 0 Å². The quantitative estimate of drug-likeness (QED) is 0.609. The fraction of sp³-hybridized carbons (Fsp3) is 0.150. The van der Waals surface area contributed by atoms with Crippen LogP contribution in [0.2, 0.25) is 0 Å². The van der Waals surface area contributed by atoms with E-state index in [1.54, 1.807) is 6.07 Å². The molecular formula is C20H20N2O5. The van der Waals surface area contributed by atoms with Gasteiger partial charge in [-0.3, -0.25) is 4.98 Å². The molecule has 27 heavy (non-hydrogen) atoms. The molecule has 2 aromatic rings. The first-order valence-corrected chi connectivity index (χ1v) is 8.19. The van der Waals surface area contributed by atoms with E-state index in [0.29, 0.717) is 23.5 Å². The number of aliphatic hydroxyl groups excluding tert-OH is 1. The monoisotopic (exact) mass is 368 g/mol. The molecule has 0 atom stereocenters. The van der Waals surface area contributed by atoms with Crippen molar-refractivity contribution in [3.05, 3.63) is 71.1 Å². The first-order valence-electron chi connectivity index (χ1n) is 8.19. The molecule has 1 aromatic carbocycles. The van der Waals surface area contributed by atoms with Crippen molar-refractivity contribution in [3.8, 4) is 0 Å². The summed E-state index contributed by atoms with van der Waals surface area (Å²) in [6.45, 7) is -0.0814. The van der Waals surface area contributed by atoms with E-state index in [1.165, 1.54) is 16.7 Å². The zero-order valence-corrected chi connectivity index (χ0v) is 14.5. The molecule has 0 unspecified atom stereocenters. The molecule has 1 aromatic heterocycles. The molecule has 7 nitrogen and oxygen atoms in total. The molecule has 7 heteroatoms. The number of aliphatic carboxylic acids is 2. The lowest BCUT2D eigenvalue weighted by Crippen LogP contribution is -2.03. The number of aliphatic hydroxyl groups is 1. The number of carboxylic acids is 2. The van der Waals surface area contributed by atoms with Crippen LogP contribution < -0.4 is 5.73 Å². The minimum Gasteiger partial charge on any atom is -0.478 e. The number of anilines is 1. The van der Waals surface area contributed by atoms with Crippen LogP contribution in [0.5, 0.6) is 0 Å². The molecule has 0 amide bonds. The van der Waals surface area contributed by atoms with E-state index >= 15 is 0 Å². The standard InChI is InChI=1S/C16H16N2O.C4H4O4/c17-14-8-15(10-19)18-16(9-14)13-6-5-11-3-1-2-4-12(11)7-13;5-3(6)1-2-4(7)8/h1-4,7-9,19H,5-6,10H2,(H2,17,18);1-2H,(H,5,6)(H,7,8)/b;2-1+. The summed E-state index contributed by atoms with van der Waals surface area (Å²) in [4.78, 5) is 23.6. The maximum atomic E-state index is 9.55. The number of carboxylic acid groups (broad SMARTS) is 2. The number of benzene rings is 1. The van der Waals surface area contributed by atoms with Gasteiger partial charge in [-0.1, -0.05) is 24.3 Å². The van der Waals surface area contributed by atoms with Crippen LogP contribution >= 0.6 is 0 Å². The Balaban J connectivity index is 0.000000279. The highest BCUT2D eigenvalue weighted by Crippen LogP contribution is 2.30. The van der Waals surface area contributed by atoms with Crippen molar-refractivity contribution in [2.75, 3.05) is 5.73 Å². The van der Waals surface area contributed by atoms with Gasteiger partial charge in [-0.2, -0.15) is 0 Å². The van der Waals surface area contributed by atoms with E-state index in [1.807, 2.05) is 12.1 Å². The van der Waals surface area contributed by atoms with Gasteiger partial charge in [-0.25, -0.2) is 9.59 Å². The molecular weight excluding hydrogens is 348 g/mol. The van der Waals surface area contributed by atoms with E-state index in [9.17, 15) is 14.7 Å². The SMILES string of the molecule is Nc1cc(CO)nc(C2=Cc3ccccc3CC2)c1.O=C(O)/C=C/C(=O)O. The number of aryl methyl sites for hydroxylation is 1. The largest absolute Gasteiger partial charge is 0.478 e. The summed E-state index contributed by atoms with van der Waals surface area (Å²) in [6, 6.07) is 12.0. The third-order valence-corrected chi connectivity index (χ3v) is 3.81. The number of nitrogen functional groups attached to an aromatic ring is 1. The van der Waals surface area contributed by atoms with E-state index in [2.05, 4.69) is 29.3 Å². The normalized spacial score (nSPS) is 12.6. The predicted molar refractivity (Wildman–Crippen MR) is 102 cm³/mol. The number of nitrogens with two attached hydrogens (primary N) is 1. The van der Waals surface area contributed by atoms with Crippen LogP contribution in [0.4, 0.5) is 5.69 Å². The summed E-state index contributed by atoms with van der Waals surface area (Å²) in [5.41, 5.74) is 11.8. The summed E-state index contributed by atoms with van der Waals surface area (Å²) in [6.07, 6.45) is 5.26. The van der Waals surface area contributed by atoms with Crippen molar-refractivity contribution < 1.29 is 24.9 Å². The number of hydrogen-bond acceptors (Lipinski definition) is 5. The lowest BCUT2D eigenvalue weighted by molar-refractivity contribution is -0.134. The summed E-state index contributed by atoms with van der Waals surface area (Å²) in [5, 5.41) is 24.8. The molecule has 1 aliphatic carbocycles. The van der Waals surface area contributed by atoms with Crippen LogP contribution in [0.25, 0.3) is 11.6 Å². The average Bonchev–Trinajstić information content (AvgIpc) is 2.66. The van der Waals surface area contributed by atoms with Crippen LogP contribution in [-0.4, -0.2) is 32.2 Å². The second-order valence-electron chi connectivity index (χ2n) is 5.81. The zero-order valence-electron chi connectivity index (χ0n) is 14.5. The zero-order chi connectivity index (χ0) is 19.8. The van der Waals surface area contributed by atoms with Gasteiger partial charge >= 0.3 is 11.9 Å². The highest BCUT2D eigenvalue weighted by Gasteiger charge is 2.13. The van der Waals surface area contributed by atoms with Gasteiger partial charge in [0.2, 0.25) is 0 Å². The minimum absolute atomic E-state index is 0.0814. The Labute approximate surface area is 156 Å². The van der Waals surface area contributed by atoms with Crippen molar-refractivity contribution in [2.24, 2.45) is 0 Å². The van der Waals surface area contributed by atoms with Crippen LogP contribution in [0, 0.1) is 0 Å². The molecule has 140 valence electrons. The smallest absolute Gasteiger partial charge is 0.328 e. The van der Waals surface area contributed by atoms with Crippen molar-refractivity contribution in [3.63, 3.8) is 0 Å². The molecule has 0 radical (unpaired) electrons. The predicted octanol–water partition coefficient (Wildman–Crippen LogP) is 2.35. The molecule has 3 rings (SSSR count). The molecule has 1 aliphatic rings. The maximum Gasteiger partial charge on any atom is 0.328 e. The molecule has 5 N–H and O–H groups in total. The van der Waals surface area contributed by atoms with Crippen LogP contribution in [-0.2, 0) is 22.6 Å². The molecule has 1 heterocycles. The molecule has 0 saturated heterocycles. The second kappa shape index (κ2) is 9.30. The Morgan fingerprint density at radius 1 is 1.07 bits per heavy atom. The lowest BCUT2D eigenvalue weighted by Gasteiger charge is -2.16. The number of pyridine rings is 1. The van der Waals surface area contributed by atoms with Gasteiger partial charge in [0.1, 0.15) is 0 Å². The van der Waals surface area contributed by atoms with Gasteiger partial charge < -0.3 is 21.1 Å². The van der Waals surface area contributed by atoms with Gasteiger partial charge in [0.05, 0.1) is 18.0 Å². The van der Waals surface area contributed by atoms with Crippen LogP contribution in [0.3, 0.4) is 0 Å². The number of rotatable bonds is 4. The summed E-state index contributed by atoms with van der Waals surface area (Å²) in [5.74, 6) is -2.51. The van der Waals surface area contributed by atoms with Gasteiger partial charge in [0.15, 0.2) is 0 Å². The third kappa shape index (κ3) is 6.09. The number of fused-ring (bicyclic) bond motifs is 1. The average molecular weight is 368 g/mol. The fourth-order valence-corrected chi connectivity index (χ4v) is 2.63. The maximum absolute atomic E-state index is 9.55. The van der Waals surface area contributed by atoms with Gasteiger partial charge in [-0.15, -0.1) is 0 Å². The van der Waals surface area contributed by atoms with Gasteiger partial charge in [-0.05, 0) is 47.8 Å². The summed E-state index contributed by atoms with van der Waals surface area (Å²) >= 11 is 0. The van der Waals surface area contributed by atoms with E-state index in [4.69, 9.17) is 15.9 Å². The number of carbonyl (C=O) groups is 2. The van der Waals surface area contributed by atoms with E-state index in [-0.39, 0.29) is 6.61 Å². The molecule has 0 aliphatic heterocycles. The highest BCUT2D eigenvalue weighted by atomic mass is 16.4. The second-order valence-corrected chi connectivity index (χ2v) is 5.81. The summed E-state index contributed by atoms with van der Waals surface area (Å²) in [7, 11) is 0. The molecule has 0 bridgehead atoms. The van der Waals surface area contributed by atoms with Crippen LogP contribution in [0.1, 0.15) is 28.9 Å². The Morgan fingerprint density at radius 2 is 1.74 bits per heavy atom. The van der Waals surface area contributed by atoms with Crippen molar-refractivity contribution in [1.82, 2.24) is 4.98 Å².